The van der Waals surface area contributed by atoms with Crippen LogP contribution in [0.2, 0.25) is 0 Å². The maximum Gasteiger partial charge on any atom is 0.0107 e. The Hall–Kier alpha value is -0.120. The fourth-order valence-electron chi connectivity index (χ4n) is 3.87. The van der Waals surface area contributed by atoms with E-state index in [0.29, 0.717) is 0 Å². The standard InChI is InChI=1S/C14H27N3/c1-2-4-14(3-1)17-8-5-13(12-17)11-16-9-6-15-7-10-16/h13-15H,1-12H2. The second-order valence-electron chi connectivity index (χ2n) is 6.14. The first kappa shape index (κ1) is 11.9. The maximum atomic E-state index is 3.44. The van der Waals surface area contributed by atoms with E-state index in [1.54, 1.807) is 0 Å². The Morgan fingerprint density at radius 1 is 0.941 bits per heavy atom. The smallest absolute Gasteiger partial charge is 0.0107 e. The highest BCUT2D eigenvalue weighted by Gasteiger charge is 2.30. The molecule has 2 aliphatic heterocycles. The van der Waals surface area contributed by atoms with Crippen LogP contribution >= 0.6 is 0 Å². The lowest BCUT2D eigenvalue weighted by atomic mass is 10.1. The number of hydrogen-bond donors (Lipinski definition) is 1. The Morgan fingerprint density at radius 3 is 2.47 bits per heavy atom. The number of rotatable bonds is 3. The van der Waals surface area contributed by atoms with Crippen molar-refractivity contribution in [3.63, 3.8) is 0 Å². The number of nitrogens with zero attached hydrogens (tertiary/aromatic N) is 2. The first-order valence-electron chi connectivity index (χ1n) is 7.59. The number of hydrogen-bond acceptors (Lipinski definition) is 3. The Morgan fingerprint density at radius 2 is 1.71 bits per heavy atom. The summed E-state index contributed by atoms with van der Waals surface area (Å²) in [7, 11) is 0. The van der Waals surface area contributed by atoms with E-state index in [1.165, 1.54) is 77.9 Å². The molecule has 3 aliphatic rings. The quantitative estimate of drug-likeness (QED) is 0.794. The molecule has 0 bridgehead atoms. The molecule has 0 aromatic rings. The van der Waals surface area contributed by atoms with Crippen molar-refractivity contribution in [1.29, 1.82) is 0 Å². The number of likely N-dealkylation sites (tertiary alicyclic amines) is 1. The zero-order valence-electron chi connectivity index (χ0n) is 11.0. The van der Waals surface area contributed by atoms with Gasteiger partial charge >= 0.3 is 0 Å². The summed E-state index contributed by atoms with van der Waals surface area (Å²) in [6, 6.07) is 0.947. The maximum absolute atomic E-state index is 3.44. The van der Waals surface area contributed by atoms with Crippen molar-refractivity contribution in [2.75, 3.05) is 45.8 Å². The van der Waals surface area contributed by atoms with Crippen molar-refractivity contribution in [1.82, 2.24) is 15.1 Å². The predicted octanol–water partition coefficient (Wildman–Crippen LogP) is 1.16. The second-order valence-corrected chi connectivity index (χ2v) is 6.14. The highest BCUT2D eigenvalue weighted by molar-refractivity contribution is 4.86. The molecule has 1 aliphatic carbocycles. The van der Waals surface area contributed by atoms with E-state index in [9.17, 15) is 0 Å². The van der Waals surface area contributed by atoms with Gasteiger partial charge in [-0.3, -0.25) is 0 Å². The molecular weight excluding hydrogens is 210 g/mol. The summed E-state index contributed by atoms with van der Waals surface area (Å²) in [5.41, 5.74) is 0. The predicted molar refractivity (Wildman–Crippen MR) is 71.2 cm³/mol. The van der Waals surface area contributed by atoms with Crippen molar-refractivity contribution in [3.05, 3.63) is 0 Å². The lowest BCUT2D eigenvalue weighted by molar-refractivity contribution is 0.191. The molecular formula is C14H27N3. The van der Waals surface area contributed by atoms with Gasteiger partial charge in [0.1, 0.15) is 0 Å². The van der Waals surface area contributed by atoms with Gasteiger partial charge in [0.15, 0.2) is 0 Å². The highest BCUT2D eigenvalue weighted by atomic mass is 15.2. The molecule has 3 fully saturated rings. The van der Waals surface area contributed by atoms with Crippen LogP contribution in [-0.4, -0.2) is 61.7 Å². The van der Waals surface area contributed by atoms with Gasteiger partial charge in [-0.05, 0) is 31.7 Å². The molecule has 0 amide bonds. The van der Waals surface area contributed by atoms with Crippen LogP contribution in [0.25, 0.3) is 0 Å². The van der Waals surface area contributed by atoms with Gasteiger partial charge in [0.05, 0.1) is 0 Å². The van der Waals surface area contributed by atoms with Crippen LogP contribution in [0, 0.1) is 5.92 Å². The minimum Gasteiger partial charge on any atom is -0.314 e. The Kier molecular flexibility index (Phi) is 3.99. The van der Waals surface area contributed by atoms with E-state index < -0.39 is 0 Å². The molecule has 0 aromatic carbocycles. The third-order valence-corrected chi connectivity index (χ3v) is 4.88. The van der Waals surface area contributed by atoms with Crippen LogP contribution in [0.1, 0.15) is 32.1 Å². The fourth-order valence-corrected chi connectivity index (χ4v) is 3.87. The van der Waals surface area contributed by atoms with Gasteiger partial charge in [0.25, 0.3) is 0 Å². The molecule has 1 N–H and O–H groups in total. The largest absolute Gasteiger partial charge is 0.314 e. The van der Waals surface area contributed by atoms with E-state index in [4.69, 9.17) is 0 Å². The Labute approximate surface area is 106 Å². The van der Waals surface area contributed by atoms with Crippen molar-refractivity contribution in [2.24, 2.45) is 5.92 Å². The molecule has 3 nitrogen and oxygen atoms in total. The highest BCUT2D eigenvalue weighted by Crippen LogP contribution is 2.28. The van der Waals surface area contributed by atoms with Crippen molar-refractivity contribution >= 4 is 0 Å². The fraction of sp³-hybridized carbons (Fsp3) is 1.00. The Bertz CT molecular complexity index is 232. The van der Waals surface area contributed by atoms with Crippen LogP contribution in [0.4, 0.5) is 0 Å². The molecule has 17 heavy (non-hydrogen) atoms. The molecule has 0 aromatic heterocycles. The zero-order chi connectivity index (χ0) is 11.5. The van der Waals surface area contributed by atoms with E-state index >= 15 is 0 Å². The molecule has 3 heteroatoms. The van der Waals surface area contributed by atoms with Crippen LogP contribution in [0.3, 0.4) is 0 Å². The van der Waals surface area contributed by atoms with Gasteiger partial charge in [-0.25, -0.2) is 0 Å². The summed E-state index contributed by atoms with van der Waals surface area (Å²) >= 11 is 0. The van der Waals surface area contributed by atoms with Crippen molar-refractivity contribution < 1.29 is 0 Å². The molecule has 1 saturated carbocycles. The molecule has 0 spiro atoms. The van der Waals surface area contributed by atoms with Gasteiger partial charge in [0, 0.05) is 45.3 Å². The summed E-state index contributed by atoms with van der Waals surface area (Å²) in [5.74, 6) is 0.952. The topological polar surface area (TPSA) is 18.5 Å². The minimum atomic E-state index is 0.947. The van der Waals surface area contributed by atoms with Gasteiger partial charge in [-0.1, -0.05) is 12.8 Å². The molecule has 1 unspecified atom stereocenters. The molecule has 98 valence electrons. The van der Waals surface area contributed by atoms with E-state index in [0.717, 1.165) is 12.0 Å². The first-order valence-corrected chi connectivity index (χ1v) is 7.59. The number of nitrogens with one attached hydrogen (secondary N) is 1. The molecule has 3 rings (SSSR count). The summed E-state index contributed by atoms with van der Waals surface area (Å²) in [6.45, 7) is 9.03. The van der Waals surface area contributed by atoms with Gasteiger partial charge in [-0.15, -0.1) is 0 Å². The molecule has 2 saturated heterocycles. The minimum absolute atomic E-state index is 0.947. The summed E-state index contributed by atoms with van der Waals surface area (Å²) in [6.07, 6.45) is 7.34. The molecule has 2 heterocycles. The average Bonchev–Trinajstić information content (AvgIpc) is 3.00. The van der Waals surface area contributed by atoms with E-state index in [2.05, 4.69) is 15.1 Å². The number of piperazine rings is 1. The van der Waals surface area contributed by atoms with E-state index in [1.807, 2.05) is 0 Å². The van der Waals surface area contributed by atoms with Crippen LogP contribution in [-0.2, 0) is 0 Å². The third kappa shape index (κ3) is 3.01. The lowest BCUT2D eigenvalue weighted by Gasteiger charge is -2.30. The van der Waals surface area contributed by atoms with E-state index in [-0.39, 0.29) is 0 Å². The van der Waals surface area contributed by atoms with Gasteiger partial charge < -0.3 is 15.1 Å². The first-order chi connectivity index (χ1) is 8.42. The van der Waals surface area contributed by atoms with Crippen LogP contribution in [0.5, 0.6) is 0 Å². The molecule has 0 radical (unpaired) electrons. The van der Waals surface area contributed by atoms with Crippen molar-refractivity contribution in [2.45, 2.75) is 38.1 Å². The van der Waals surface area contributed by atoms with Gasteiger partial charge in [0.2, 0.25) is 0 Å². The van der Waals surface area contributed by atoms with Crippen molar-refractivity contribution in [3.8, 4) is 0 Å². The average molecular weight is 237 g/mol. The third-order valence-electron chi connectivity index (χ3n) is 4.88. The van der Waals surface area contributed by atoms with Crippen LogP contribution < -0.4 is 5.32 Å². The monoisotopic (exact) mass is 237 g/mol. The Balaban J connectivity index is 1.43. The molecule has 1 atom stereocenters. The SMILES string of the molecule is C1CCC(N2CCC(CN3CCNCC3)C2)C1. The second kappa shape index (κ2) is 5.68. The summed E-state index contributed by atoms with van der Waals surface area (Å²) in [4.78, 5) is 5.46. The summed E-state index contributed by atoms with van der Waals surface area (Å²) in [5, 5.41) is 3.44. The van der Waals surface area contributed by atoms with Crippen LogP contribution in [0.15, 0.2) is 0 Å². The normalized spacial score (nSPS) is 33.5. The summed E-state index contributed by atoms with van der Waals surface area (Å²) < 4.78 is 0. The lowest BCUT2D eigenvalue weighted by Crippen LogP contribution is -2.45. The zero-order valence-corrected chi connectivity index (χ0v) is 11.0. The van der Waals surface area contributed by atoms with Gasteiger partial charge in [-0.2, -0.15) is 0 Å².